The van der Waals surface area contributed by atoms with Gasteiger partial charge in [-0.15, -0.1) is 0 Å². The molecule has 0 atom stereocenters. The number of likely N-dealkylation sites (N-methyl/N-ethyl adjacent to an activating group) is 1. The van der Waals surface area contributed by atoms with E-state index < -0.39 is 0 Å². The molecule has 0 saturated heterocycles. The van der Waals surface area contributed by atoms with Gasteiger partial charge in [0, 0.05) is 33.3 Å². The number of carbonyl (C=O) groups excluding carboxylic acids is 2. The van der Waals surface area contributed by atoms with Gasteiger partial charge in [-0.25, -0.2) is 0 Å². The summed E-state index contributed by atoms with van der Waals surface area (Å²) in [6, 6.07) is 0. The average molecular weight is 315 g/mol. The molecule has 0 aromatic rings. The summed E-state index contributed by atoms with van der Waals surface area (Å²) in [5, 5.41) is 8.47. The molecule has 0 aliphatic heterocycles. The maximum absolute atomic E-state index is 11.9. The lowest BCUT2D eigenvalue weighted by atomic mass is 10.1. The van der Waals surface area contributed by atoms with Crippen molar-refractivity contribution in [2.24, 2.45) is 4.99 Å². The Kier molecular flexibility index (Phi) is 9.16. The van der Waals surface area contributed by atoms with Crippen LogP contribution in [0.25, 0.3) is 0 Å². The Morgan fingerprint density at radius 3 is 2.32 bits per heavy atom. The van der Waals surface area contributed by atoms with Gasteiger partial charge < -0.3 is 25.6 Å². The highest BCUT2D eigenvalue weighted by atomic mass is 16.5. The highest BCUT2D eigenvalue weighted by Gasteiger charge is 2.17. The number of nitrogens with zero attached hydrogens (tertiary/aromatic N) is 2. The summed E-state index contributed by atoms with van der Waals surface area (Å²) in [7, 11) is 4.91. The maximum Gasteiger partial charge on any atom is 0.240 e. The van der Waals surface area contributed by atoms with Gasteiger partial charge in [-0.05, 0) is 20.8 Å². The number of aliphatic imine (C=N–C) groups is 1. The van der Waals surface area contributed by atoms with Crippen molar-refractivity contribution in [3.8, 4) is 0 Å². The summed E-state index contributed by atoms with van der Waals surface area (Å²) in [5.74, 6) is 0.208. The third-order valence-corrected chi connectivity index (χ3v) is 2.50. The smallest absolute Gasteiger partial charge is 0.240 e. The van der Waals surface area contributed by atoms with Crippen molar-refractivity contribution >= 4 is 17.8 Å². The number of nitrogens with one attached hydrogen (secondary N) is 3. The van der Waals surface area contributed by atoms with Gasteiger partial charge in [0.2, 0.25) is 11.8 Å². The Morgan fingerprint density at radius 1 is 1.18 bits per heavy atom. The number of guanidine groups is 1. The van der Waals surface area contributed by atoms with Crippen LogP contribution in [0.3, 0.4) is 0 Å². The first-order valence-corrected chi connectivity index (χ1v) is 7.18. The van der Waals surface area contributed by atoms with Gasteiger partial charge in [0.05, 0.1) is 19.7 Å². The molecule has 8 heteroatoms. The molecule has 22 heavy (non-hydrogen) atoms. The van der Waals surface area contributed by atoms with Crippen molar-refractivity contribution in [2.45, 2.75) is 26.3 Å². The maximum atomic E-state index is 11.9. The number of hydrogen-bond donors (Lipinski definition) is 3. The van der Waals surface area contributed by atoms with Crippen LogP contribution in [0, 0.1) is 0 Å². The Balaban J connectivity index is 4.24. The minimum absolute atomic E-state index is 0.0849. The molecule has 0 spiro atoms. The quantitative estimate of drug-likeness (QED) is 0.324. The summed E-state index contributed by atoms with van der Waals surface area (Å²) in [5.41, 5.74) is -0.282. The third kappa shape index (κ3) is 9.98. The van der Waals surface area contributed by atoms with Crippen molar-refractivity contribution in [1.29, 1.82) is 0 Å². The summed E-state index contributed by atoms with van der Waals surface area (Å²) < 4.78 is 4.85. The minimum atomic E-state index is -0.282. The number of amides is 2. The van der Waals surface area contributed by atoms with E-state index in [-0.39, 0.29) is 30.4 Å². The normalized spacial score (nSPS) is 11.8. The molecule has 3 N–H and O–H groups in total. The molecule has 0 aromatic carbocycles. The SMILES string of the molecule is CN=C(NCC(=O)NCCOC)N(C)CC(=O)NC(C)(C)C. The lowest BCUT2D eigenvalue weighted by Crippen LogP contribution is -2.50. The van der Waals surface area contributed by atoms with Gasteiger partial charge in [-0.3, -0.25) is 14.6 Å². The first-order valence-electron chi connectivity index (χ1n) is 7.18. The lowest BCUT2D eigenvalue weighted by Gasteiger charge is -2.25. The van der Waals surface area contributed by atoms with Crippen molar-refractivity contribution < 1.29 is 14.3 Å². The molecule has 0 fully saturated rings. The molecule has 0 aliphatic carbocycles. The summed E-state index contributed by atoms with van der Waals surface area (Å²) in [6.07, 6.45) is 0. The molecule has 0 heterocycles. The standard InChI is InChI=1S/C14H29N5O3/c1-14(2,3)18-12(21)10-19(5)13(15-4)17-9-11(20)16-7-8-22-6/h7-10H2,1-6H3,(H,15,17)(H,16,20)(H,18,21). The summed E-state index contributed by atoms with van der Waals surface area (Å²) in [4.78, 5) is 29.2. The van der Waals surface area contributed by atoms with Crippen molar-refractivity contribution in [3.63, 3.8) is 0 Å². The highest BCUT2D eigenvalue weighted by molar-refractivity contribution is 5.89. The number of methoxy groups -OCH3 is 1. The molecule has 2 amide bonds. The number of ether oxygens (including phenoxy) is 1. The molecule has 8 nitrogen and oxygen atoms in total. The molecule has 0 unspecified atom stereocenters. The largest absolute Gasteiger partial charge is 0.383 e. The van der Waals surface area contributed by atoms with E-state index in [1.807, 2.05) is 20.8 Å². The van der Waals surface area contributed by atoms with E-state index in [1.54, 1.807) is 26.1 Å². The van der Waals surface area contributed by atoms with Crippen molar-refractivity contribution in [1.82, 2.24) is 20.9 Å². The predicted molar refractivity (Wildman–Crippen MR) is 86.8 cm³/mol. The number of carbonyl (C=O) groups is 2. The third-order valence-electron chi connectivity index (χ3n) is 2.50. The van der Waals surface area contributed by atoms with Gasteiger partial charge >= 0.3 is 0 Å². The Hall–Kier alpha value is -1.83. The highest BCUT2D eigenvalue weighted by Crippen LogP contribution is 1.98. The van der Waals surface area contributed by atoms with Crippen LogP contribution in [0.15, 0.2) is 4.99 Å². The van der Waals surface area contributed by atoms with Crippen molar-refractivity contribution in [3.05, 3.63) is 0 Å². The summed E-state index contributed by atoms with van der Waals surface area (Å²) >= 11 is 0. The van der Waals surface area contributed by atoms with Crippen LogP contribution < -0.4 is 16.0 Å². The first kappa shape index (κ1) is 20.2. The number of rotatable bonds is 7. The van der Waals surface area contributed by atoms with E-state index in [1.165, 1.54) is 0 Å². The zero-order chi connectivity index (χ0) is 17.2. The monoisotopic (exact) mass is 315 g/mol. The van der Waals surface area contributed by atoms with Gasteiger partial charge in [0.1, 0.15) is 0 Å². The molecule has 0 saturated carbocycles. The van der Waals surface area contributed by atoms with E-state index in [0.29, 0.717) is 19.1 Å². The first-order chi connectivity index (χ1) is 10.2. The Morgan fingerprint density at radius 2 is 1.82 bits per heavy atom. The molecule has 0 aliphatic rings. The van der Waals surface area contributed by atoms with E-state index in [4.69, 9.17) is 4.74 Å². The zero-order valence-corrected chi connectivity index (χ0v) is 14.4. The Labute approximate surface area is 132 Å². The molecule has 0 radical (unpaired) electrons. The molecule has 0 bridgehead atoms. The molecule has 128 valence electrons. The fourth-order valence-electron chi connectivity index (χ4n) is 1.65. The van der Waals surface area contributed by atoms with E-state index in [2.05, 4.69) is 20.9 Å². The molecule has 0 aromatic heterocycles. The second-order valence-corrected chi connectivity index (χ2v) is 5.90. The van der Waals surface area contributed by atoms with Crippen LogP contribution >= 0.6 is 0 Å². The van der Waals surface area contributed by atoms with E-state index in [0.717, 1.165) is 0 Å². The Bertz CT molecular complexity index is 390. The van der Waals surface area contributed by atoms with Crippen LogP contribution in [0.2, 0.25) is 0 Å². The van der Waals surface area contributed by atoms with E-state index in [9.17, 15) is 9.59 Å². The second kappa shape index (κ2) is 9.99. The second-order valence-electron chi connectivity index (χ2n) is 5.90. The van der Waals surface area contributed by atoms with Crippen LogP contribution in [-0.2, 0) is 14.3 Å². The van der Waals surface area contributed by atoms with Crippen LogP contribution in [-0.4, -0.2) is 75.7 Å². The van der Waals surface area contributed by atoms with Gasteiger partial charge in [-0.2, -0.15) is 0 Å². The van der Waals surface area contributed by atoms with Gasteiger partial charge in [-0.1, -0.05) is 0 Å². The summed E-state index contributed by atoms with van der Waals surface area (Å²) in [6.45, 7) is 6.92. The van der Waals surface area contributed by atoms with Crippen molar-refractivity contribution in [2.75, 3.05) is 47.4 Å². The fourth-order valence-corrected chi connectivity index (χ4v) is 1.65. The lowest BCUT2D eigenvalue weighted by molar-refractivity contribution is -0.122. The van der Waals surface area contributed by atoms with Gasteiger partial charge in [0.25, 0.3) is 0 Å². The molecular weight excluding hydrogens is 286 g/mol. The zero-order valence-electron chi connectivity index (χ0n) is 14.4. The van der Waals surface area contributed by atoms with Crippen LogP contribution in [0.1, 0.15) is 20.8 Å². The minimum Gasteiger partial charge on any atom is -0.383 e. The van der Waals surface area contributed by atoms with Gasteiger partial charge in [0.15, 0.2) is 5.96 Å². The van der Waals surface area contributed by atoms with E-state index >= 15 is 0 Å². The van der Waals surface area contributed by atoms with Crippen LogP contribution in [0.4, 0.5) is 0 Å². The molecule has 0 rings (SSSR count). The topological polar surface area (TPSA) is 95.1 Å². The molecular formula is C14H29N5O3. The average Bonchev–Trinajstić information content (AvgIpc) is 2.37. The van der Waals surface area contributed by atoms with Crippen LogP contribution in [0.5, 0.6) is 0 Å². The predicted octanol–water partition coefficient (Wildman–Crippen LogP) is -0.829. The fraction of sp³-hybridized carbons (Fsp3) is 0.786. The number of hydrogen-bond acceptors (Lipinski definition) is 4.